The van der Waals surface area contributed by atoms with Crippen molar-refractivity contribution < 1.29 is 23.8 Å². The van der Waals surface area contributed by atoms with Gasteiger partial charge in [-0.1, -0.05) is 6.07 Å². The van der Waals surface area contributed by atoms with Crippen molar-refractivity contribution in [3.63, 3.8) is 0 Å². The molecular weight excluding hydrogens is 298 g/mol. The highest BCUT2D eigenvalue weighted by atomic mass is 16.6. The Balaban J connectivity index is 2.26. The zero-order valence-corrected chi connectivity index (χ0v) is 13.3. The van der Waals surface area contributed by atoms with Crippen molar-refractivity contribution in [1.82, 2.24) is 4.90 Å². The van der Waals surface area contributed by atoms with Crippen LogP contribution in [-0.2, 0) is 0 Å². The maximum absolute atomic E-state index is 12.4. The van der Waals surface area contributed by atoms with Gasteiger partial charge in [0.1, 0.15) is 5.75 Å². The van der Waals surface area contributed by atoms with Crippen molar-refractivity contribution in [3.05, 3.63) is 47.2 Å². The summed E-state index contributed by atoms with van der Waals surface area (Å²) in [6.07, 6.45) is 0. The van der Waals surface area contributed by atoms with Gasteiger partial charge in [-0.3, -0.25) is 4.79 Å². The van der Waals surface area contributed by atoms with Crippen molar-refractivity contribution >= 4 is 11.9 Å². The fourth-order valence-electron chi connectivity index (χ4n) is 2.13. The molecule has 23 heavy (non-hydrogen) atoms. The summed E-state index contributed by atoms with van der Waals surface area (Å²) in [4.78, 5) is 24.9. The zero-order valence-electron chi connectivity index (χ0n) is 13.3. The third-order valence-corrected chi connectivity index (χ3v) is 3.49. The first-order valence-corrected chi connectivity index (χ1v) is 7.37. The molecule has 122 valence electrons. The lowest BCUT2D eigenvalue weighted by Gasteiger charge is -2.19. The third kappa shape index (κ3) is 3.71. The van der Waals surface area contributed by atoms with Crippen LogP contribution in [0.15, 0.2) is 34.7 Å². The summed E-state index contributed by atoms with van der Waals surface area (Å²) in [7, 11) is 0. The predicted molar refractivity (Wildman–Crippen MR) is 84.2 cm³/mol. The van der Waals surface area contributed by atoms with Gasteiger partial charge in [0.25, 0.3) is 11.9 Å². The first kappa shape index (κ1) is 16.6. The molecule has 0 aliphatic rings. The highest BCUT2D eigenvalue weighted by molar-refractivity contribution is 5.94. The number of amides is 1. The van der Waals surface area contributed by atoms with Crippen LogP contribution in [0.25, 0.3) is 0 Å². The second-order valence-corrected chi connectivity index (χ2v) is 4.98. The highest BCUT2D eigenvalue weighted by Crippen LogP contribution is 2.28. The molecular formula is C17H19NO5. The molecule has 2 aromatic rings. The van der Waals surface area contributed by atoms with Crippen molar-refractivity contribution in [2.45, 2.75) is 20.8 Å². The van der Waals surface area contributed by atoms with E-state index in [4.69, 9.17) is 14.3 Å². The Kier molecular flexibility index (Phi) is 5.05. The number of ether oxygens (including phenoxy) is 1. The first-order valence-electron chi connectivity index (χ1n) is 7.37. The summed E-state index contributed by atoms with van der Waals surface area (Å²) in [6, 6.07) is 7.92. The number of nitrogens with zero attached hydrogens (tertiary/aromatic N) is 1. The summed E-state index contributed by atoms with van der Waals surface area (Å²) in [5, 5.41) is 8.85. The van der Waals surface area contributed by atoms with Gasteiger partial charge in [-0.15, -0.1) is 0 Å². The van der Waals surface area contributed by atoms with Crippen LogP contribution in [0.1, 0.15) is 40.3 Å². The van der Waals surface area contributed by atoms with Gasteiger partial charge in [-0.25, -0.2) is 4.79 Å². The minimum atomic E-state index is -1.16. The van der Waals surface area contributed by atoms with E-state index in [0.29, 0.717) is 24.4 Å². The van der Waals surface area contributed by atoms with Gasteiger partial charge in [0.15, 0.2) is 0 Å². The highest BCUT2D eigenvalue weighted by Gasteiger charge is 2.16. The Morgan fingerprint density at radius 1 is 1.17 bits per heavy atom. The normalized spacial score (nSPS) is 10.4. The van der Waals surface area contributed by atoms with E-state index >= 15 is 0 Å². The van der Waals surface area contributed by atoms with Gasteiger partial charge in [-0.2, -0.15) is 0 Å². The van der Waals surface area contributed by atoms with Crippen molar-refractivity contribution in [2.24, 2.45) is 0 Å². The smallest absolute Gasteiger partial charge is 0.371 e. The van der Waals surface area contributed by atoms with E-state index in [2.05, 4.69) is 0 Å². The first-order chi connectivity index (χ1) is 11.0. The summed E-state index contributed by atoms with van der Waals surface area (Å²) >= 11 is 0. The van der Waals surface area contributed by atoms with Crippen molar-refractivity contribution in [2.75, 3.05) is 13.1 Å². The summed E-state index contributed by atoms with van der Waals surface area (Å²) in [5.74, 6) is -0.923. The second-order valence-electron chi connectivity index (χ2n) is 4.98. The Bertz CT molecular complexity index is 716. The lowest BCUT2D eigenvalue weighted by Crippen LogP contribution is -2.30. The molecule has 0 atom stereocenters. The fraction of sp³-hybridized carbons (Fsp3) is 0.294. The van der Waals surface area contributed by atoms with Gasteiger partial charge in [0.2, 0.25) is 5.76 Å². The number of carbonyl (C=O) groups excluding carboxylic acids is 1. The minimum Gasteiger partial charge on any atom is -0.475 e. The number of benzene rings is 1. The van der Waals surface area contributed by atoms with Crippen molar-refractivity contribution in [3.8, 4) is 11.7 Å². The van der Waals surface area contributed by atoms with E-state index < -0.39 is 5.97 Å². The molecule has 1 aromatic heterocycles. The average Bonchev–Trinajstić information content (AvgIpc) is 2.99. The Morgan fingerprint density at radius 3 is 2.43 bits per heavy atom. The number of hydrogen-bond acceptors (Lipinski definition) is 4. The molecule has 0 unspecified atom stereocenters. The van der Waals surface area contributed by atoms with Crippen LogP contribution >= 0.6 is 0 Å². The maximum atomic E-state index is 12.4. The molecule has 0 aliphatic heterocycles. The molecule has 0 radical (unpaired) electrons. The molecule has 6 heteroatoms. The van der Waals surface area contributed by atoms with E-state index in [1.54, 1.807) is 23.1 Å². The quantitative estimate of drug-likeness (QED) is 0.881. The summed E-state index contributed by atoms with van der Waals surface area (Å²) in [5.41, 5.74) is 1.33. The van der Waals surface area contributed by atoms with Crippen LogP contribution in [0.3, 0.4) is 0 Å². The lowest BCUT2D eigenvalue weighted by atomic mass is 10.1. The standard InChI is InChI=1S/C17H19NO5/c1-4-18(5-2)16(19)12-7-6-11(3)14(10-12)23-15-9-8-13(22-15)17(20)21/h6-10H,4-5H2,1-3H3,(H,20,21). The zero-order chi connectivity index (χ0) is 17.0. The third-order valence-electron chi connectivity index (χ3n) is 3.49. The van der Waals surface area contributed by atoms with Crippen LogP contribution in [0, 0.1) is 6.92 Å². The number of hydrogen-bond donors (Lipinski definition) is 1. The molecule has 0 aliphatic carbocycles. The van der Waals surface area contributed by atoms with E-state index in [0.717, 1.165) is 5.56 Å². The number of carbonyl (C=O) groups is 2. The van der Waals surface area contributed by atoms with E-state index in [1.807, 2.05) is 20.8 Å². The fourth-order valence-corrected chi connectivity index (χ4v) is 2.13. The molecule has 0 saturated carbocycles. The number of aryl methyl sites for hydroxylation is 1. The van der Waals surface area contributed by atoms with E-state index in [1.165, 1.54) is 12.1 Å². The van der Waals surface area contributed by atoms with E-state index in [9.17, 15) is 9.59 Å². The lowest BCUT2D eigenvalue weighted by molar-refractivity contribution is 0.0656. The van der Waals surface area contributed by atoms with Crippen LogP contribution in [0.4, 0.5) is 0 Å². The van der Waals surface area contributed by atoms with Gasteiger partial charge >= 0.3 is 5.97 Å². The molecule has 0 spiro atoms. The number of furan rings is 1. The van der Waals surface area contributed by atoms with Crippen LogP contribution in [0.5, 0.6) is 11.7 Å². The monoisotopic (exact) mass is 317 g/mol. The van der Waals surface area contributed by atoms with Crippen LogP contribution < -0.4 is 4.74 Å². The maximum Gasteiger partial charge on any atom is 0.371 e. The molecule has 1 amide bonds. The molecule has 1 N–H and O–H groups in total. The Morgan fingerprint density at radius 2 is 1.87 bits per heavy atom. The number of aromatic carboxylic acids is 1. The van der Waals surface area contributed by atoms with Gasteiger partial charge in [0.05, 0.1) is 0 Å². The van der Waals surface area contributed by atoms with Gasteiger partial charge < -0.3 is 19.2 Å². The minimum absolute atomic E-state index is 0.0675. The number of carboxylic acids is 1. The van der Waals surface area contributed by atoms with Gasteiger partial charge in [-0.05, 0) is 44.5 Å². The van der Waals surface area contributed by atoms with Crippen LogP contribution in [-0.4, -0.2) is 35.0 Å². The predicted octanol–water partition coefficient (Wildman–Crippen LogP) is 3.56. The molecule has 0 saturated heterocycles. The summed E-state index contributed by atoms with van der Waals surface area (Å²) < 4.78 is 10.7. The molecule has 1 aromatic carbocycles. The molecule has 0 fully saturated rings. The number of carboxylic acid groups (broad SMARTS) is 1. The van der Waals surface area contributed by atoms with E-state index in [-0.39, 0.29) is 17.6 Å². The number of rotatable bonds is 6. The Hall–Kier alpha value is -2.76. The average molecular weight is 317 g/mol. The van der Waals surface area contributed by atoms with Crippen LogP contribution in [0.2, 0.25) is 0 Å². The van der Waals surface area contributed by atoms with Gasteiger partial charge in [0, 0.05) is 24.7 Å². The summed E-state index contributed by atoms with van der Waals surface area (Å²) in [6.45, 7) is 6.92. The largest absolute Gasteiger partial charge is 0.475 e. The SMILES string of the molecule is CCN(CC)C(=O)c1ccc(C)c(Oc2ccc(C(=O)O)o2)c1. The molecule has 2 rings (SSSR count). The van der Waals surface area contributed by atoms with Crippen molar-refractivity contribution in [1.29, 1.82) is 0 Å². The second kappa shape index (κ2) is 7.00. The molecule has 1 heterocycles. The topological polar surface area (TPSA) is 80.0 Å². The molecule has 6 nitrogen and oxygen atoms in total. The molecule has 0 bridgehead atoms. The Labute approximate surface area is 134 Å².